The van der Waals surface area contributed by atoms with Gasteiger partial charge in [-0.05, 0) is 58.5 Å². The van der Waals surface area contributed by atoms with Crippen molar-refractivity contribution >= 4 is 35.6 Å². The van der Waals surface area contributed by atoms with Gasteiger partial charge in [0.05, 0.1) is 56.9 Å². The highest BCUT2D eigenvalue weighted by Gasteiger charge is 2.33. The number of aryl methyl sites for hydroxylation is 1. The molecule has 24 heteroatoms. The summed E-state index contributed by atoms with van der Waals surface area (Å²) < 4.78 is 19.6. The fourth-order valence-corrected chi connectivity index (χ4v) is 7.58. The highest BCUT2D eigenvalue weighted by Crippen LogP contribution is 2.24. The lowest BCUT2D eigenvalue weighted by atomic mass is 10.1. The van der Waals surface area contributed by atoms with Crippen LogP contribution in [0.5, 0.6) is 0 Å². The second-order valence-corrected chi connectivity index (χ2v) is 16.2. The number of piperazine rings is 2. The summed E-state index contributed by atoms with van der Waals surface area (Å²) >= 11 is 0. The van der Waals surface area contributed by atoms with Gasteiger partial charge in [0.2, 0.25) is 29.7 Å². The number of nitrogens with two attached hydrogens (primary N) is 2. The zero-order chi connectivity index (χ0) is 47.1. The minimum absolute atomic E-state index is 0.0574. The lowest BCUT2D eigenvalue weighted by Crippen LogP contribution is -2.52. The van der Waals surface area contributed by atoms with Gasteiger partial charge in [0.15, 0.2) is 0 Å². The van der Waals surface area contributed by atoms with Gasteiger partial charge in [0.1, 0.15) is 18.7 Å². The second-order valence-electron chi connectivity index (χ2n) is 16.2. The average Bonchev–Trinajstić information content (AvgIpc) is 3.99. The molecule has 5 rings (SSSR count). The monoisotopic (exact) mass is 925 g/mol. The van der Waals surface area contributed by atoms with Crippen LogP contribution in [0.15, 0.2) is 12.4 Å². The summed E-state index contributed by atoms with van der Waals surface area (Å²) in [6.45, 7) is 8.88. The molecule has 0 aromatic carbocycles. The summed E-state index contributed by atoms with van der Waals surface area (Å²) in [4.78, 5) is 61.5. The lowest BCUT2D eigenvalue weighted by Gasteiger charge is -2.38. The number of carboxylic acid groups (broad SMARTS) is 1. The highest BCUT2D eigenvalue weighted by atomic mass is 16.5. The number of aromatic nitrogens is 9. The van der Waals surface area contributed by atoms with Crippen molar-refractivity contribution in [3.63, 3.8) is 0 Å². The molecule has 2 amide bonds. The van der Waals surface area contributed by atoms with E-state index < -0.39 is 24.2 Å². The van der Waals surface area contributed by atoms with E-state index in [2.05, 4.69) is 31.9 Å². The molecule has 3 aromatic rings. The van der Waals surface area contributed by atoms with Crippen molar-refractivity contribution in [1.29, 1.82) is 0 Å². The SMILES string of the molecule is C#CCOCCOCCOCCNc1nc(N2CCN(C(=O)[C@H](CCCCN)n3cc(CCC(=O)O)nn3)CC2)nc(N2CCN(C(=O)[C@H](CCCCN)n3cc(CC(C)O)nn3)CC2)n1. The third kappa shape index (κ3) is 16.4. The van der Waals surface area contributed by atoms with Gasteiger partial charge in [-0.1, -0.05) is 16.3 Å². The van der Waals surface area contributed by atoms with Gasteiger partial charge in [0, 0.05) is 84.1 Å². The maximum absolute atomic E-state index is 14.1. The molecule has 3 atom stereocenters. The number of amides is 2. The van der Waals surface area contributed by atoms with Crippen LogP contribution in [0, 0.1) is 12.3 Å². The number of carbonyl (C=O) groups is 3. The van der Waals surface area contributed by atoms with Crippen LogP contribution in [0.2, 0.25) is 0 Å². The molecule has 24 nitrogen and oxygen atoms in total. The largest absolute Gasteiger partial charge is 0.481 e. The van der Waals surface area contributed by atoms with E-state index in [1.807, 2.05) is 19.6 Å². The Balaban J connectivity index is 1.25. The van der Waals surface area contributed by atoms with E-state index in [1.54, 1.807) is 28.7 Å². The summed E-state index contributed by atoms with van der Waals surface area (Å²) in [6, 6.07) is -1.16. The molecule has 2 aliphatic rings. The van der Waals surface area contributed by atoms with E-state index in [0.717, 1.165) is 19.3 Å². The van der Waals surface area contributed by atoms with Crippen LogP contribution in [0.4, 0.5) is 17.8 Å². The van der Waals surface area contributed by atoms with Crippen molar-refractivity contribution in [3.8, 4) is 12.3 Å². The Morgan fingerprint density at radius 1 is 0.742 bits per heavy atom. The van der Waals surface area contributed by atoms with Gasteiger partial charge < -0.3 is 60.8 Å². The van der Waals surface area contributed by atoms with Gasteiger partial charge in [-0.15, -0.1) is 16.6 Å². The Kier molecular flexibility index (Phi) is 21.6. The van der Waals surface area contributed by atoms with Gasteiger partial charge in [0.25, 0.3) is 0 Å². The summed E-state index contributed by atoms with van der Waals surface area (Å²) in [6.07, 6.45) is 12.6. The van der Waals surface area contributed by atoms with Crippen LogP contribution in [0.1, 0.15) is 75.3 Å². The van der Waals surface area contributed by atoms with E-state index in [4.69, 9.17) is 52.2 Å². The molecule has 2 aliphatic heterocycles. The first-order valence-electron chi connectivity index (χ1n) is 23.0. The third-order valence-electron chi connectivity index (χ3n) is 11.1. The number of nitrogens with one attached hydrogen (secondary N) is 1. The van der Waals surface area contributed by atoms with Crippen molar-refractivity contribution in [3.05, 3.63) is 23.8 Å². The number of aliphatic hydroxyl groups excluding tert-OH is 1. The summed E-state index contributed by atoms with van der Waals surface area (Å²) in [5.41, 5.74) is 12.7. The Bertz CT molecular complexity index is 1960. The number of rotatable bonds is 30. The smallest absolute Gasteiger partial charge is 0.303 e. The van der Waals surface area contributed by atoms with Crippen molar-refractivity contribution in [2.24, 2.45) is 11.5 Å². The number of terminal acetylenes is 1. The maximum Gasteiger partial charge on any atom is 0.303 e. The normalized spacial score (nSPS) is 15.7. The topological polar surface area (TPSA) is 296 Å². The van der Waals surface area contributed by atoms with Crippen molar-refractivity contribution < 1.29 is 38.8 Å². The first-order valence-corrected chi connectivity index (χ1v) is 23.0. The number of aliphatic carboxylic acids is 1. The fourth-order valence-electron chi connectivity index (χ4n) is 7.58. The van der Waals surface area contributed by atoms with Crippen LogP contribution in [-0.4, -0.2) is 200 Å². The molecular formula is C42H68N16O8. The Labute approximate surface area is 385 Å². The molecule has 66 heavy (non-hydrogen) atoms. The molecule has 7 N–H and O–H groups in total. The molecule has 0 radical (unpaired) electrons. The van der Waals surface area contributed by atoms with Gasteiger partial charge in [-0.3, -0.25) is 14.4 Å². The molecule has 0 bridgehead atoms. The molecular weight excluding hydrogens is 857 g/mol. The average molecular weight is 925 g/mol. The first-order chi connectivity index (χ1) is 32.1. The highest BCUT2D eigenvalue weighted by molar-refractivity contribution is 5.81. The maximum atomic E-state index is 14.1. The molecule has 3 aromatic heterocycles. The molecule has 0 saturated carbocycles. The molecule has 1 unspecified atom stereocenters. The van der Waals surface area contributed by atoms with Crippen molar-refractivity contribution in [2.75, 3.05) is 127 Å². The lowest BCUT2D eigenvalue weighted by molar-refractivity contribution is -0.137. The number of ether oxygens (including phenoxy) is 3. The summed E-state index contributed by atoms with van der Waals surface area (Å²) in [5, 5.41) is 39.1. The number of carbonyl (C=O) groups excluding carboxylic acids is 2. The number of carboxylic acids is 1. The number of nitrogens with zero attached hydrogens (tertiary/aromatic N) is 13. The Morgan fingerprint density at radius 2 is 1.24 bits per heavy atom. The molecule has 364 valence electrons. The molecule has 2 fully saturated rings. The fraction of sp³-hybridized carbons (Fsp3) is 0.714. The molecule has 0 aliphatic carbocycles. The van der Waals surface area contributed by atoms with Crippen molar-refractivity contribution in [2.45, 2.75) is 82.9 Å². The van der Waals surface area contributed by atoms with Crippen LogP contribution in [0.25, 0.3) is 0 Å². The van der Waals surface area contributed by atoms with E-state index in [1.165, 1.54) is 0 Å². The Morgan fingerprint density at radius 3 is 1.74 bits per heavy atom. The predicted octanol–water partition coefficient (Wildman–Crippen LogP) is -0.872. The quantitative estimate of drug-likeness (QED) is 0.0401. The standard InChI is InChI=1S/C42H68N16O8/c1-3-23-64-25-27-66-28-26-65-24-14-45-40-46-41(55-19-15-53(16-20-55)38(62)35(8-4-6-12-43)57-30-33(49-51-57)10-11-37(60)61)48-42(47-40)56-21-17-54(18-22-56)39(63)36(9-5-7-13-44)58-31-34(50-52-58)29-32(2)59/h1,30-32,35-36,59H,4-29,43-44H2,2H3,(H,60,61)(H,45,46,47,48)/t32?,35-,36-/m0/s1. The number of hydrogen-bond donors (Lipinski definition) is 5. The Hall–Kier alpha value is -5.58. The number of aliphatic hydroxyl groups is 1. The summed E-state index contributed by atoms with van der Waals surface area (Å²) in [7, 11) is 0. The van der Waals surface area contributed by atoms with Gasteiger partial charge in [-0.25, -0.2) is 9.36 Å². The minimum Gasteiger partial charge on any atom is -0.481 e. The minimum atomic E-state index is -0.931. The van der Waals surface area contributed by atoms with Crippen LogP contribution in [0.3, 0.4) is 0 Å². The number of unbranched alkanes of at least 4 members (excludes halogenated alkanes) is 2. The van der Waals surface area contributed by atoms with Crippen molar-refractivity contribution in [1.82, 2.24) is 54.7 Å². The van der Waals surface area contributed by atoms with E-state index in [-0.39, 0.29) is 31.3 Å². The van der Waals surface area contributed by atoms with Crippen LogP contribution in [-0.2, 0) is 41.4 Å². The van der Waals surface area contributed by atoms with Crippen LogP contribution < -0.4 is 26.6 Å². The molecule has 2 saturated heterocycles. The van der Waals surface area contributed by atoms with Gasteiger partial charge >= 0.3 is 5.97 Å². The van der Waals surface area contributed by atoms with E-state index in [9.17, 15) is 19.5 Å². The zero-order valence-corrected chi connectivity index (χ0v) is 38.2. The molecule has 5 heterocycles. The third-order valence-corrected chi connectivity index (χ3v) is 11.1. The summed E-state index contributed by atoms with van der Waals surface area (Å²) in [5.74, 6) is 2.60. The first kappa shape index (κ1) is 51.4. The molecule has 0 spiro atoms. The second kappa shape index (κ2) is 27.8. The zero-order valence-electron chi connectivity index (χ0n) is 38.2. The van der Waals surface area contributed by atoms with Crippen LogP contribution >= 0.6 is 0 Å². The number of anilines is 3. The van der Waals surface area contributed by atoms with Gasteiger partial charge in [-0.2, -0.15) is 15.0 Å². The van der Waals surface area contributed by atoms with E-state index >= 15 is 0 Å². The number of hydrogen-bond acceptors (Lipinski definition) is 19. The van der Waals surface area contributed by atoms with E-state index in [0.29, 0.717) is 160 Å². The predicted molar refractivity (Wildman–Crippen MR) is 242 cm³/mol.